The van der Waals surface area contributed by atoms with Crippen molar-refractivity contribution in [1.29, 1.82) is 0 Å². The van der Waals surface area contributed by atoms with E-state index in [0.29, 0.717) is 30.6 Å². The summed E-state index contributed by atoms with van der Waals surface area (Å²) in [5, 5.41) is 1.77. The third kappa shape index (κ3) is 5.23. The van der Waals surface area contributed by atoms with Gasteiger partial charge in [-0.15, -0.1) is 23.5 Å². The average molecular weight is 426 g/mol. The molecule has 3 rings (SSSR count). The fraction of sp³-hybridized carbons (Fsp3) is 0.600. The summed E-state index contributed by atoms with van der Waals surface area (Å²) in [6, 6.07) is 9.92. The summed E-state index contributed by atoms with van der Waals surface area (Å²) in [5.41, 5.74) is 0.169. The first-order valence-corrected chi connectivity index (χ1v) is 11.7. The van der Waals surface area contributed by atoms with Crippen LogP contribution in [0.15, 0.2) is 30.3 Å². The Kier molecular flexibility index (Phi) is 7.68. The highest BCUT2D eigenvalue weighted by atomic mass is 32.2. The number of benzene rings is 1. The van der Waals surface area contributed by atoms with Gasteiger partial charge in [0.2, 0.25) is 0 Å². The standard InChI is InChI=1S/C20H27NO5S2/c1-3-24-19(23)20(12-18-27-9-10-28-18)11-17(14-25-15(2)22)26-21(20)13-16-7-5-4-6-8-16/h4-8,17-18H,3,9-14H2,1-2H3/t17-,20-/m0/s1. The van der Waals surface area contributed by atoms with Crippen molar-refractivity contribution in [2.45, 2.75) is 49.5 Å². The fourth-order valence-electron chi connectivity index (χ4n) is 3.55. The minimum Gasteiger partial charge on any atom is -0.465 e. The topological polar surface area (TPSA) is 65.1 Å². The fourth-order valence-corrected chi connectivity index (χ4v) is 6.60. The molecular weight excluding hydrogens is 398 g/mol. The highest BCUT2D eigenvalue weighted by Crippen LogP contribution is 2.45. The minimum absolute atomic E-state index is 0.132. The summed E-state index contributed by atoms with van der Waals surface area (Å²) >= 11 is 3.76. The molecule has 2 fully saturated rings. The lowest BCUT2D eigenvalue weighted by atomic mass is 9.89. The molecule has 2 heterocycles. The van der Waals surface area contributed by atoms with Crippen molar-refractivity contribution in [2.24, 2.45) is 0 Å². The maximum atomic E-state index is 13.2. The third-order valence-corrected chi connectivity index (χ3v) is 7.84. The Morgan fingerprint density at radius 2 is 1.93 bits per heavy atom. The van der Waals surface area contributed by atoms with E-state index < -0.39 is 5.54 Å². The average Bonchev–Trinajstić information content (AvgIpc) is 3.30. The number of thioether (sulfide) groups is 2. The summed E-state index contributed by atoms with van der Waals surface area (Å²) in [6.45, 7) is 4.11. The SMILES string of the molecule is CCOC(=O)[C@@]1(CC2SCCS2)C[C@@H](COC(C)=O)ON1Cc1ccccc1. The van der Waals surface area contributed by atoms with Gasteiger partial charge in [0.05, 0.1) is 17.7 Å². The normalized spacial score (nSPS) is 25.7. The zero-order valence-electron chi connectivity index (χ0n) is 16.3. The number of hydroxylamine groups is 2. The van der Waals surface area contributed by atoms with Crippen LogP contribution in [0, 0.1) is 0 Å². The van der Waals surface area contributed by atoms with Crippen LogP contribution < -0.4 is 0 Å². The van der Waals surface area contributed by atoms with Gasteiger partial charge in [-0.05, 0) is 18.9 Å². The van der Waals surface area contributed by atoms with Crippen LogP contribution in [-0.2, 0) is 30.4 Å². The van der Waals surface area contributed by atoms with Gasteiger partial charge in [-0.2, -0.15) is 5.06 Å². The van der Waals surface area contributed by atoms with Crippen LogP contribution >= 0.6 is 23.5 Å². The van der Waals surface area contributed by atoms with E-state index in [0.717, 1.165) is 17.1 Å². The lowest BCUT2D eigenvalue weighted by Crippen LogP contribution is -2.51. The molecule has 0 aromatic heterocycles. The van der Waals surface area contributed by atoms with Crippen molar-refractivity contribution in [3.8, 4) is 0 Å². The minimum atomic E-state index is -0.883. The van der Waals surface area contributed by atoms with E-state index in [4.69, 9.17) is 14.3 Å². The molecule has 1 aromatic carbocycles. The Bertz CT molecular complexity index is 668. The Labute approximate surface area is 174 Å². The van der Waals surface area contributed by atoms with Gasteiger partial charge in [0.1, 0.15) is 18.2 Å². The summed E-state index contributed by atoms with van der Waals surface area (Å²) in [5.74, 6) is 1.56. The Morgan fingerprint density at radius 3 is 2.57 bits per heavy atom. The van der Waals surface area contributed by atoms with Gasteiger partial charge in [0.25, 0.3) is 0 Å². The van der Waals surface area contributed by atoms with Crippen molar-refractivity contribution >= 4 is 35.5 Å². The van der Waals surface area contributed by atoms with E-state index in [-0.39, 0.29) is 24.6 Å². The maximum absolute atomic E-state index is 13.2. The molecule has 0 spiro atoms. The Balaban J connectivity index is 1.86. The molecule has 0 aliphatic carbocycles. The molecule has 0 N–H and O–H groups in total. The third-order valence-electron chi connectivity index (χ3n) is 4.81. The molecule has 2 aliphatic heterocycles. The van der Waals surface area contributed by atoms with Gasteiger partial charge in [-0.1, -0.05) is 30.3 Å². The summed E-state index contributed by atoms with van der Waals surface area (Å²) in [7, 11) is 0. The van der Waals surface area contributed by atoms with Gasteiger partial charge in [0, 0.05) is 24.9 Å². The molecule has 0 unspecified atom stereocenters. The van der Waals surface area contributed by atoms with Crippen molar-refractivity contribution in [1.82, 2.24) is 5.06 Å². The molecule has 0 saturated carbocycles. The molecule has 8 heteroatoms. The van der Waals surface area contributed by atoms with E-state index in [2.05, 4.69) is 0 Å². The molecule has 6 nitrogen and oxygen atoms in total. The molecule has 2 aliphatic rings. The quantitative estimate of drug-likeness (QED) is 0.588. The second-order valence-corrected chi connectivity index (χ2v) is 9.80. The lowest BCUT2D eigenvalue weighted by molar-refractivity contribution is -0.215. The number of hydrogen-bond acceptors (Lipinski definition) is 8. The van der Waals surface area contributed by atoms with Crippen LogP contribution in [0.1, 0.15) is 32.3 Å². The number of nitrogens with zero attached hydrogens (tertiary/aromatic N) is 1. The maximum Gasteiger partial charge on any atom is 0.329 e. The first-order chi connectivity index (χ1) is 13.5. The number of carbonyl (C=O) groups excluding carboxylic acids is 2. The summed E-state index contributed by atoms with van der Waals surface area (Å²) in [6.07, 6.45) is 0.724. The first-order valence-electron chi connectivity index (χ1n) is 9.55. The van der Waals surface area contributed by atoms with Gasteiger partial charge >= 0.3 is 11.9 Å². The largest absolute Gasteiger partial charge is 0.465 e. The molecule has 28 heavy (non-hydrogen) atoms. The summed E-state index contributed by atoms with van der Waals surface area (Å²) < 4.78 is 11.0. The Morgan fingerprint density at radius 1 is 1.21 bits per heavy atom. The first kappa shape index (κ1) is 21.5. The monoisotopic (exact) mass is 425 g/mol. The zero-order chi connectivity index (χ0) is 20.0. The van der Waals surface area contributed by atoms with Crippen molar-refractivity contribution in [2.75, 3.05) is 24.7 Å². The molecule has 0 radical (unpaired) electrons. The van der Waals surface area contributed by atoms with Gasteiger partial charge in [-0.25, -0.2) is 4.79 Å². The molecular formula is C20H27NO5S2. The van der Waals surface area contributed by atoms with Gasteiger partial charge < -0.3 is 9.47 Å². The van der Waals surface area contributed by atoms with Crippen molar-refractivity contribution in [3.63, 3.8) is 0 Å². The van der Waals surface area contributed by atoms with E-state index in [1.807, 2.05) is 60.8 Å². The number of hydrogen-bond donors (Lipinski definition) is 0. The number of rotatable bonds is 8. The molecule has 0 amide bonds. The Hall–Kier alpha value is -1.22. The van der Waals surface area contributed by atoms with E-state index in [1.165, 1.54) is 6.92 Å². The van der Waals surface area contributed by atoms with Gasteiger partial charge in [-0.3, -0.25) is 9.63 Å². The van der Waals surface area contributed by atoms with Crippen LogP contribution in [0.25, 0.3) is 0 Å². The van der Waals surface area contributed by atoms with E-state index in [9.17, 15) is 9.59 Å². The molecule has 0 bridgehead atoms. The van der Waals surface area contributed by atoms with Crippen LogP contribution in [0.4, 0.5) is 0 Å². The molecule has 1 aromatic rings. The number of esters is 2. The highest BCUT2D eigenvalue weighted by molar-refractivity contribution is 8.20. The highest BCUT2D eigenvalue weighted by Gasteiger charge is 2.55. The molecule has 2 atom stereocenters. The summed E-state index contributed by atoms with van der Waals surface area (Å²) in [4.78, 5) is 30.6. The smallest absolute Gasteiger partial charge is 0.329 e. The van der Waals surface area contributed by atoms with Gasteiger partial charge in [0.15, 0.2) is 0 Å². The predicted molar refractivity (Wildman–Crippen MR) is 111 cm³/mol. The van der Waals surface area contributed by atoms with Crippen molar-refractivity contribution in [3.05, 3.63) is 35.9 Å². The zero-order valence-corrected chi connectivity index (χ0v) is 17.9. The van der Waals surface area contributed by atoms with Crippen molar-refractivity contribution < 1.29 is 23.9 Å². The molecule has 154 valence electrons. The second-order valence-electron chi connectivity index (χ2n) is 6.88. The lowest BCUT2D eigenvalue weighted by Gasteiger charge is -2.35. The number of carbonyl (C=O) groups is 2. The predicted octanol–water partition coefficient (Wildman–Crippen LogP) is 3.25. The van der Waals surface area contributed by atoms with E-state index >= 15 is 0 Å². The van der Waals surface area contributed by atoms with Crippen LogP contribution in [0.2, 0.25) is 0 Å². The van der Waals surface area contributed by atoms with Crippen LogP contribution in [0.5, 0.6) is 0 Å². The van der Waals surface area contributed by atoms with Crippen LogP contribution in [0.3, 0.4) is 0 Å². The molecule has 2 saturated heterocycles. The number of ether oxygens (including phenoxy) is 2. The second kappa shape index (κ2) is 10.0. The van der Waals surface area contributed by atoms with Crippen LogP contribution in [-0.4, -0.2) is 57.9 Å². The van der Waals surface area contributed by atoms with E-state index in [1.54, 1.807) is 5.06 Å².